The van der Waals surface area contributed by atoms with Crippen molar-refractivity contribution in [3.63, 3.8) is 0 Å². The maximum absolute atomic E-state index is 12.4. The number of fused-ring (bicyclic) bond motifs is 1. The third-order valence-corrected chi connectivity index (χ3v) is 4.04. The number of ketones is 1. The Morgan fingerprint density at radius 3 is 2.70 bits per heavy atom. The van der Waals surface area contributed by atoms with Crippen LogP contribution in [0.25, 0.3) is 0 Å². The highest BCUT2D eigenvalue weighted by atomic mass is 35.5. The third-order valence-electron chi connectivity index (χ3n) is 3.72. The van der Waals surface area contributed by atoms with Gasteiger partial charge in [-0.05, 0) is 36.6 Å². The van der Waals surface area contributed by atoms with Crippen LogP contribution in [-0.4, -0.2) is 18.9 Å². The molecule has 3 rings (SSSR count). The number of halogens is 1. The molecule has 20 heavy (non-hydrogen) atoms. The third kappa shape index (κ3) is 2.56. The highest BCUT2D eigenvalue weighted by Gasteiger charge is 2.20. The van der Waals surface area contributed by atoms with Crippen molar-refractivity contribution in [1.82, 2.24) is 0 Å². The Hall–Kier alpha value is -1.80. The van der Waals surface area contributed by atoms with Crippen LogP contribution in [0.4, 0.5) is 5.69 Å². The molecule has 1 aliphatic rings. The minimum absolute atomic E-state index is 0.0762. The molecule has 2 aromatic carbocycles. The van der Waals surface area contributed by atoms with Gasteiger partial charge in [-0.2, -0.15) is 0 Å². The molecule has 0 aliphatic carbocycles. The van der Waals surface area contributed by atoms with Crippen molar-refractivity contribution >= 4 is 23.1 Å². The predicted molar refractivity (Wildman–Crippen MR) is 82.8 cm³/mol. The second-order valence-corrected chi connectivity index (χ2v) is 5.46. The van der Waals surface area contributed by atoms with Crippen LogP contribution in [0, 0.1) is 0 Å². The molecule has 0 unspecified atom stereocenters. The topological polar surface area (TPSA) is 20.3 Å². The lowest BCUT2D eigenvalue weighted by molar-refractivity contribution is 0.0999. The molecule has 0 radical (unpaired) electrons. The van der Waals surface area contributed by atoms with E-state index in [4.69, 9.17) is 11.6 Å². The van der Waals surface area contributed by atoms with Crippen molar-refractivity contribution in [3.8, 4) is 0 Å². The monoisotopic (exact) mass is 285 g/mol. The molecule has 0 atom stereocenters. The molecule has 0 spiro atoms. The number of anilines is 1. The molecule has 0 bridgehead atoms. The lowest BCUT2D eigenvalue weighted by Crippen LogP contribution is -2.34. The van der Waals surface area contributed by atoms with Crippen molar-refractivity contribution in [2.24, 2.45) is 0 Å². The molecule has 0 fully saturated rings. The van der Waals surface area contributed by atoms with Crippen LogP contribution >= 0.6 is 11.6 Å². The Bertz CT molecular complexity index is 638. The number of nitrogens with zero attached hydrogens (tertiary/aromatic N) is 1. The zero-order chi connectivity index (χ0) is 13.9. The minimum Gasteiger partial charge on any atom is -0.364 e. The summed E-state index contributed by atoms with van der Waals surface area (Å²) in [4.78, 5) is 14.6. The van der Waals surface area contributed by atoms with Crippen LogP contribution < -0.4 is 4.90 Å². The van der Waals surface area contributed by atoms with Gasteiger partial charge in [-0.3, -0.25) is 4.79 Å². The average molecular weight is 286 g/mol. The van der Waals surface area contributed by atoms with E-state index in [1.807, 2.05) is 18.2 Å². The van der Waals surface area contributed by atoms with Gasteiger partial charge in [0.2, 0.25) is 0 Å². The normalized spacial score (nSPS) is 13.9. The van der Waals surface area contributed by atoms with Crippen molar-refractivity contribution in [2.45, 2.75) is 12.8 Å². The number of rotatable bonds is 3. The molecular formula is C17H16ClNO. The molecule has 0 aromatic heterocycles. The zero-order valence-electron chi connectivity index (χ0n) is 11.2. The molecule has 102 valence electrons. The Morgan fingerprint density at radius 1 is 1.10 bits per heavy atom. The predicted octanol–water partition coefficient (Wildman–Crippen LogP) is 3.98. The summed E-state index contributed by atoms with van der Waals surface area (Å²) in [6, 6.07) is 15.6. The zero-order valence-corrected chi connectivity index (χ0v) is 11.9. The number of carbonyl (C=O) groups excluding carboxylic acids is 1. The molecule has 1 heterocycles. The highest BCUT2D eigenvalue weighted by molar-refractivity contribution is 6.34. The van der Waals surface area contributed by atoms with Gasteiger partial charge in [0.15, 0.2) is 5.78 Å². The van der Waals surface area contributed by atoms with E-state index in [1.54, 1.807) is 12.1 Å². The van der Waals surface area contributed by atoms with Gasteiger partial charge in [-0.15, -0.1) is 0 Å². The van der Waals surface area contributed by atoms with E-state index in [0.717, 1.165) is 19.4 Å². The Kier molecular flexibility index (Phi) is 3.75. The summed E-state index contributed by atoms with van der Waals surface area (Å²) >= 11 is 6.10. The lowest BCUT2D eigenvalue weighted by Gasteiger charge is -2.30. The van der Waals surface area contributed by atoms with Crippen LogP contribution in [0.3, 0.4) is 0 Å². The van der Waals surface area contributed by atoms with Crippen molar-refractivity contribution in [1.29, 1.82) is 0 Å². The average Bonchev–Trinajstić information content (AvgIpc) is 2.48. The number of aryl methyl sites for hydroxylation is 1. The van der Waals surface area contributed by atoms with Gasteiger partial charge < -0.3 is 4.90 Å². The maximum atomic E-state index is 12.4. The molecule has 2 nitrogen and oxygen atoms in total. The molecule has 2 aromatic rings. The first-order chi connectivity index (χ1) is 9.75. The van der Waals surface area contributed by atoms with E-state index in [1.165, 1.54) is 11.3 Å². The van der Waals surface area contributed by atoms with E-state index in [2.05, 4.69) is 23.1 Å². The van der Waals surface area contributed by atoms with Gasteiger partial charge in [0, 0.05) is 17.8 Å². The van der Waals surface area contributed by atoms with Gasteiger partial charge in [-0.1, -0.05) is 41.9 Å². The van der Waals surface area contributed by atoms with E-state index in [9.17, 15) is 4.79 Å². The molecule has 3 heteroatoms. The molecule has 0 saturated heterocycles. The standard InChI is InChI=1S/C17H16ClNO/c18-15-9-3-2-8-14(15)17(20)12-19-11-5-7-13-6-1-4-10-16(13)19/h1-4,6,8-10H,5,7,11-12H2. The van der Waals surface area contributed by atoms with E-state index < -0.39 is 0 Å². The number of benzene rings is 2. The lowest BCUT2D eigenvalue weighted by atomic mass is 10.0. The second kappa shape index (κ2) is 5.68. The molecule has 0 saturated carbocycles. The van der Waals surface area contributed by atoms with Crippen LogP contribution in [-0.2, 0) is 6.42 Å². The van der Waals surface area contributed by atoms with E-state index >= 15 is 0 Å². The smallest absolute Gasteiger partial charge is 0.183 e. The molecular weight excluding hydrogens is 270 g/mol. The largest absolute Gasteiger partial charge is 0.364 e. The SMILES string of the molecule is O=C(CN1CCCc2ccccc21)c1ccccc1Cl. The summed E-state index contributed by atoms with van der Waals surface area (Å²) in [6.45, 7) is 1.31. The molecule has 1 aliphatic heterocycles. The first kappa shape index (κ1) is 13.2. The first-order valence-electron chi connectivity index (χ1n) is 6.86. The Labute approximate surface area is 124 Å². The summed E-state index contributed by atoms with van der Waals surface area (Å²) in [5, 5.41) is 0.530. The van der Waals surface area contributed by atoms with E-state index in [0.29, 0.717) is 17.1 Å². The van der Waals surface area contributed by atoms with Gasteiger partial charge >= 0.3 is 0 Å². The van der Waals surface area contributed by atoms with E-state index in [-0.39, 0.29) is 5.78 Å². The summed E-state index contributed by atoms with van der Waals surface area (Å²) in [6.07, 6.45) is 2.18. The van der Waals surface area contributed by atoms with Gasteiger partial charge in [0.1, 0.15) is 0 Å². The molecule has 0 N–H and O–H groups in total. The summed E-state index contributed by atoms with van der Waals surface area (Å²) in [5.74, 6) is 0.0762. The van der Waals surface area contributed by atoms with Crippen LogP contribution in [0.5, 0.6) is 0 Å². The number of hydrogen-bond donors (Lipinski definition) is 0. The summed E-state index contributed by atoms with van der Waals surface area (Å²) < 4.78 is 0. The Morgan fingerprint density at radius 2 is 1.85 bits per heavy atom. The Balaban J connectivity index is 1.83. The van der Waals surface area contributed by atoms with Crippen molar-refractivity contribution in [3.05, 3.63) is 64.7 Å². The maximum Gasteiger partial charge on any atom is 0.183 e. The fourth-order valence-electron chi connectivity index (χ4n) is 2.72. The fourth-order valence-corrected chi connectivity index (χ4v) is 2.96. The first-order valence-corrected chi connectivity index (χ1v) is 7.24. The van der Waals surface area contributed by atoms with Crippen molar-refractivity contribution in [2.75, 3.05) is 18.0 Å². The minimum atomic E-state index is 0.0762. The van der Waals surface area contributed by atoms with Crippen LogP contribution in [0.2, 0.25) is 5.02 Å². The highest BCUT2D eigenvalue weighted by Crippen LogP contribution is 2.27. The number of hydrogen-bond acceptors (Lipinski definition) is 2. The number of Topliss-reactive ketones (excluding diaryl/α,β-unsaturated/α-hetero) is 1. The fraction of sp³-hybridized carbons (Fsp3) is 0.235. The van der Waals surface area contributed by atoms with Crippen LogP contribution in [0.15, 0.2) is 48.5 Å². The van der Waals surface area contributed by atoms with Crippen LogP contribution in [0.1, 0.15) is 22.3 Å². The van der Waals surface area contributed by atoms with Gasteiger partial charge in [0.05, 0.1) is 11.6 Å². The number of carbonyl (C=O) groups is 1. The van der Waals surface area contributed by atoms with Crippen molar-refractivity contribution < 1.29 is 4.79 Å². The quantitative estimate of drug-likeness (QED) is 0.795. The number of para-hydroxylation sites is 1. The molecule has 0 amide bonds. The summed E-state index contributed by atoms with van der Waals surface area (Å²) in [5.41, 5.74) is 3.11. The van der Waals surface area contributed by atoms with Gasteiger partial charge in [0.25, 0.3) is 0 Å². The second-order valence-electron chi connectivity index (χ2n) is 5.06. The summed E-state index contributed by atoms with van der Waals surface area (Å²) in [7, 11) is 0. The van der Waals surface area contributed by atoms with Gasteiger partial charge in [-0.25, -0.2) is 0 Å².